The van der Waals surface area contributed by atoms with Crippen LogP contribution in [-0.4, -0.2) is 57.5 Å². The van der Waals surface area contributed by atoms with Crippen LogP contribution in [0.25, 0.3) is 0 Å². The first kappa shape index (κ1) is 27.1. The van der Waals surface area contributed by atoms with Gasteiger partial charge in [-0.2, -0.15) is 4.31 Å². The summed E-state index contributed by atoms with van der Waals surface area (Å²) in [4.78, 5) is 38.5. The summed E-state index contributed by atoms with van der Waals surface area (Å²) in [7, 11) is -2.61. The van der Waals surface area contributed by atoms with E-state index in [1.54, 1.807) is 6.92 Å². The number of ether oxygens (including phenoxy) is 2. The fraction of sp³-hybridized carbons (Fsp3) is 0.480. The van der Waals surface area contributed by atoms with E-state index in [1.165, 1.54) is 47.0 Å². The fourth-order valence-electron chi connectivity index (χ4n) is 4.69. The highest BCUT2D eigenvalue weighted by Gasteiger charge is 2.35. The Balaban J connectivity index is 1.48. The standard InChI is InChI=1S/C25H31N3O7S2/c1-3-35-24(30)21-19-8-4-5-9-20(19)36-23(21)27-22(29)16-7-6-14-28(15-16)37(32,33)18-12-10-17(11-13-18)26-25(31)34-2/h10-13,16H,3-9,14-15H2,1-2H3,(H,26,31)(H,27,29). The number of piperidine rings is 1. The van der Waals surface area contributed by atoms with Crippen molar-refractivity contribution in [3.8, 4) is 0 Å². The van der Waals surface area contributed by atoms with E-state index >= 15 is 0 Å². The second-order valence-electron chi connectivity index (χ2n) is 8.97. The van der Waals surface area contributed by atoms with Crippen LogP contribution in [0.4, 0.5) is 15.5 Å². The molecule has 2 amide bonds. The lowest BCUT2D eigenvalue weighted by Gasteiger charge is -2.31. The van der Waals surface area contributed by atoms with E-state index in [1.807, 2.05) is 0 Å². The number of hydrogen-bond acceptors (Lipinski definition) is 8. The van der Waals surface area contributed by atoms with E-state index in [2.05, 4.69) is 15.4 Å². The fourth-order valence-corrected chi connectivity index (χ4v) is 7.49. The molecule has 0 spiro atoms. The Bertz CT molecular complexity index is 1270. The van der Waals surface area contributed by atoms with Crippen LogP contribution in [0.2, 0.25) is 0 Å². The molecular formula is C25H31N3O7S2. The Kier molecular flexibility index (Phi) is 8.50. The van der Waals surface area contributed by atoms with Crippen LogP contribution >= 0.6 is 11.3 Å². The molecular weight excluding hydrogens is 518 g/mol. The normalized spacial score (nSPS) is 17.9. The maximum absolute atomic E-state index is 13.3. The number of benzene rings is 1. The van der Waals surface area contributed by atoms with Gasteiger partial charge in [-0.05, 0) is 75.3 Å². The number of amides is 2. The summed E-state index contributed by atoms with van der Waals surface area (Å²) in [5.74, 6) is -1.30. The molecule has 2 aliphatic rings. The molecule has 1 aliphatic heterocycles. The first-order chi connectivity index (χ1) is 17.7. The summed E-state index contributed by atoms with van der Waals surface area (Å²) in [6.07, 6.45) is 4.09. The Hall–Kier alpha value is -2.96. The molecule has 1 aliphatic carbocycles. The average molecular weight is 550 g/mol. The van der Waals surface area contributed by atoms with Crippen LogP contribution in [-0.2, 0) is 37.1 Å². The highest BCUT2D eigenvalue weighted by molar-refractivity contribution is 7.89. The zero-order valence-corrected chi connectivity index (χ0v) is 22.5. The van der Waals surface area contributed by atoms with Crippen molar-refractivity contribution in [2.24, 2.45) is 5.92 Å². The molecule has 0 saturated carbocycles. The van der Waals surface area contributed by atoms with Crippen molar-refractivity contribution in [2.45, 2.75) is 50.3 Å². The van der Waals surface area contributed by atoms with Crippen LogP contribution in [0.1, 0.15) is 53.4 Å². The number of fused-ring (bicyclic) bond motifs is 1. The van der Waals surface area contributed by atoms with Crippen molar-refractivity contribution in [1.82, 2.24) is 4.31 Å². The van der Waals surface area contributed by atoms with Gasteiger partial charge in [0.15, 0.2) is 0 Å². The maximum Gasteiger partial charge on any atom is 0.411 e. The SMILES string of the molecule is CCOC(=O)c1c(NC(=O)C2CCCN(S(=O)(=O)c3ccc(NC(=O)OC)cc3)C2)sc2c1CCCC2. The molecule has 4 rings (SSSR count). The Morgan fingerprint density at radius 3 is 2.51 bits per heavy atom. The van der Waals surface area contributed by atoms with Crippen LogP contribution < -0.4 is 10.6 Å². The number of carbonyl (C=O) groups excluding carboxylic acids is 3. The van der Waals surface area contributed by atoms with Crippen molar-refractivity contribution in [3.05, 3.63) is 40.3 Å². The second kappa shape index (κ2) is 11.6. The molecule has 10 nitrogen and oxygen atoms in total. The van der Waals surface area contributed by atoms with Gasteiger partial charge >= 0.3 is 12.1 Å². The predicted octanol–water partition coefficient (Wildman–Crippen LogP) is 4.02. The van der Waals surface area contributed by atoms with Crippen LogP contribution in [0.5, 0.6) is 0 Å². The molecule has 2 heterocycles. The zero-order valence-electron chi connectivity index (χ0n) is 20.9. The molecule has 2 aromatic rings. The van der Waals surface area contributed by atoms with Gasteiger partial charge in [0, 0.05) is 23.7 Å². The number of aryl methyl sites for hydroxylation is 1. The quantitative estimate of drug-likeness (QED) is 0.499. The molecule has 37 heavy (non-hydrogen) atoms. The monoisotopic (exact) mass is 549 g/mol. The smallest absolute Gasteiger partial charge is 0.411 e. The number of methoxy groups -OCH3 is 1. The largest absolute Gasteiger partial charge is 0.462 e. The highest BCUT2D eigenvalue weighted by Crippen LogP contribution is 2.39. The Morgan fingerprint density at radius 2 is 1.81 bits per heavy atom. The number of carbonyl (C=O) groups is 3. The van der Waals surface area contributed by atoms with E-state index in [4.69, 9.17) is 4.74 Å². The van der Waals surface area contributed by atoms with E-state index in [9.17, 15) is 22.8 Å². The third-order valence-electron chi connectivity index (χ3n) is 6.57. The van der Waals surface area contributed by atoms with Gasteiger partial charge in [-0.25, -0.2) is 18.0 Å². The highest BCUT2D eigenvalue weighted by atomic mass is 32.2. The molecule has 1 unspecified atom stereocenters. The number of anilines is 2. The van der Waals surface area contributed by atoms with Crippen LogP contribution in [0.15, 0.2) is 29.2 Å². The second-order valence-corrected chi connectivity index (χ2v) is 12.0. The molecule has 2 N–H and O–H groups in total. The number of esters is 1. The first-order valence-electron chi connectivity index (χ1n) is 12.3. The van der Waals surface area contributed by atoms with Crippen LogP contribution in [0, 0.1) is 5.92 Å². The maximum atomic E-state index is 13.3. The van der Waals surface area contributed by atoms with Gasteiger partial charge in [0.2, 0.25) is 15.9 Å². The molecule has 1 aromatic heterocycles. The number of hydrogen-bond donors (Lipinski definition) is 2. The van der Waals surface area contributed by atoms with E-state index in [-0.39, 0.29) is 24.0 Å². The molecule has 1 aromatic carbocycles. The summed E-state index contributed by atoms with van der Waals surface area (Å²) in [5, 5.41) is 5.89. The van der Waals surface area contributed by atoms with Gasteiger partial charge in [0.25, 0.3) is 0 Å². The van der Waals surface area contributed by atoms with E-state index in [0.29, 0.717) is 35.6 Å². The van der Waals surface area contributed by atoms with Gasteiger partial charge in [0.1, 0.15) is 5.00 Å². The summed E-state index contributed by atoms with van der Waals surface area (Å²) >= 11 is 1.42. The van der Waals surface area contributed by atoms with Crippen molar-refractivity contribution in [1.29, 1.82) is 0 Å². The molecule has 1 fully saturated rings. The minimum absolute atomic E-state index is 0.0379. The first-order valence-corrected chi connectivity index (χ1v) is 14.6. The number of nitrogens with one attached hydrogen (secondary N) is 2. The Morgan fingerprint density at radius 1 is 1.08 bits per heavy atom. The third kappa shape index (κ3) is 5.97. The number of thiophene rings is 1. The lowest BCUT2D eigenvalue weighted by molar-refractivity contribution is -0.120. The number of sulfonamides is 1. The predicted molar refractivity (Wildman–Crippen MR) is 139 cm³/mol. The van der Waals surface area contributed by atoms with Gasteiger partial charge in [0.05, 0.1) is 30.1 Å². The minimum Gasteiger partial charge on any atom is -0.462 e. The summed E-state index contributed by atoms with van der Waals surface area (Å²) < 4.78 is 37.7. The van der Waals surface area contributed by atoms with Gasteiger partial charge < -0.3 is 14.8 Å². The van der Waals surface area contributed by atoms with Gasteiger partial charge in [-0.1, -0.05) is 0 Å². The van der Waals surface area contributed by atoms with Crippen molar-refractivity contribution < 1.29 is 32.3 Å². The van der Waals surface area contributed by atoms with Gasteiger partial charge in [-0.15, -0.1) is 11.3 Å². The topological polar surface area (TPSA) is 131 Å². The van der Waals surface area contributed by atoms with E-state index < -0.39 is 28.0 Å². The molecule has 1 atom stereocenters. The minimum atomic E-state index is -3.85. The van der Waals surface area contributed by atoms with Gasteiger partial charge in [-0.3, -0.25) is 10.1 Å². The van der Waals surface area contributed by atoms with Crippen molar-refractivity contribution in [2.75, 3.05) is 37.4 Å². The van der Waals surface area contributed by atoms with Crippen molar-refractivity contribution in [3.63, 3.8) is 0 Å². The zero-order chi connectivity index (χ0) is 26.6. The average Bonchev–Trinajstić information content (AvgIpc) is 3.27. The summed E-state index contributed by atoms with van der Waals surface area (Å²) in [6.45, 7) is 2.33. The van der Waals surface area contributed by atoms with Crippen molar-refractivity contribution >= 4 is 50.0 Å². The molecule has 0 radical (unpaired) electrons. The molecule has 12 heteroatoms. The Labute approximate surface area is 220 Å². The number of rotatable bonds is 7. The lowest BCUT2D eigenvalue weighted by atomic mass is 9.95. The van der Waals surface area contributed by atoms with Crippen LogP contribution in [0.3, 0.4) is 0 Å². The lowest BCUT2D eigenvalue weighted by Crippen LogP contribution is -2.43. The molecule has 0 bridgehead atoms. The third-order valence-corrected chi connectivity index (χ3v) is 9.65. The summed E-state index contributed by atoms with van der Waals surface area (Å²) in [6, 6.07) is 5.78. The molecule has 200 valence electrons. The molecule has 1 saturated heterocycles. The summed E-state index contributed by atoms with van der Waals surface area (Å²) in [5.41, 5.74) is 1.80. The number of nitrogens with zero attached hydrogens (tertiary/aromatic N) is 1. The van der Waals surface area contributed by atoms with E-state index in [0.717, 1.165) is 36.1 Å².